The minimum absolute atomic E-state index is 0.405. The van der Waals surface area contributed by atoms with Crippen LogP contribution in [0.5, 0.6) is 5.75 Å². The fourth-order valence-electron chi connectivity index (χ4n) is 2.43. The first-order valence-electron chi connectivity index (χ1n) is 8.11. The summed E-state index contributed by atoms with van der Waals surface area (Å²) in [5, 5.41) is 15.1. The summed E-state index contributed by atoms with van der Waals surface area (Å²) in [5.74, 6) is 1.58. The van der Waals surface area contributed by atoms with Gasteiger partial charge in [-0.15, -0.1) is 5.10 Å². The maximum Gasteiger partial charge on any atom is 0.249 e. The van der Waals surface area contributed by atoms with Crippen molar-refractivity contribution >= 4 is 34.7 Å². The van der Waals surface area contributed by atoms with Crippen LogP contribution in [0.4, 0.5) is 23.1 Å². The van der Waals surface area contributed by atoms with Gasteiger partial charge in [0, 0.05) is 16.8 Å². The third-order valence-electron chi connectivity index (χ3n) is 4.07. The maximum atomic E-state index is 6.15. The number of rotatable bonds is 5. The molecule has 0 radical (unpaired) electrons. The van der Waals surface area contributed by atoms with Crippen molar-refractivity contribution in [2.24, 2.45) is 0 Å². The van der Waals surface area contributed by atoms with E-state index in [2.05, 4.69) is 45.7 Å². The Bertz CT molecular complexity index is 945. The number of methoxy groups -OCH3 is 1. The van der Waals surface area contributed by atoms with E-state index < -0.39 is 0 Å². The average molecular weight is 370 g/mol. The summed E-state index contributed by atoms with van der Waals surface area (Å²) in [7, 11) is 1.59. The lowest BCUT2D eigenvalue weighted by Gasteiger charge is -2.13. The van der Waals surface area contributed by atoms with Gasteiger partial charge in [0.25, 0.3) is 0 Å². The first-order valence-corrected chi connectivity index (χ1v) is 8.49. The van der Waals surface area contributed by atoms with Gasteiger partial charge in [-0.25, -0.2) is 0 Å². The SMILES string of the molecule is COc1cc(Cl)c(C)cc1Nc1cnnc(Nc2ccc(C)c(C)c2)n1. The molecule has 6 nitrogen and oxygen atoms in total. The van der Waals surface area contributed by atoms with Gasteiger partial charge in [-0.3, -0.25) is 0 Å². The molecule has 3 aromatic rings. The van der Waals surface area contributed by atoms with E-state index in [0.717, 1.165) is 16.9 Å². The van der Waals surface area contributed by atoms with Gasteiger partial charge in [0.1, 0.15) is 5.75 Å². The Balaban J connectivity index is 1.83. The fraction of sp³-hybridized carbons (Fsp3) is 0.211. The number of halogens is 1. The summed E-state index contributed by atoms with van der Waals surface area (Å²) < 4.78 is 5.38. The molecule has 0 aliphatic heterocycles. The molecule has 0 saturated carbocycles. The number of ether oxygens (including phenoxy) is 1. The van der Waals surface area contributed by atoms with E-state index >= 15 is 0 Å². The van der Waals surface area contributed by atoms with E-state index in [4.69, 9.17) is 16.3 Å². The smallest absolute Gasteiger partial charge is 0.249 e. The summed E-state index contributed by atoms with van der Waals surface area (Å²) in [4.78, 5) is 4.46. The van der Waals surface area contributed by atoms with Gasteiger partial charge in [-0.05, 0) is 55.7 Å². The second-order valence-corrected chi connectivity index (χ2v) is 6.42. The van der Waals surface area contributed by atoms with Crippen molar-refractivity contribution < 1.29 is 4.74 Å². The van der Waals surface area contributed by atoms with Gasteiger partial charge in [-0.1, -0.05) is 17.7 Å². The molecule has 0 saturated heterocycles. The van der Waals surface area contributed by atoms with Crippen LogP contribution in [-0.4, -0.2) is 22.3 Å². The van der Waals surface area contributed by atoms with Gasteiger partial charge in [0.05, 0.1) is 19.0 Å². The molecule has 0 atom stereocenters. The quantitative estimate of drug-likeness (QED) is 0.663. The second-order valence-electron chi connectivity index (χ2n) is 6.02. The fourth-order valence-corrected chi connectivity index (χ4v) is 2.59. The van der Waals surface area contributed by atoms with Crippen molar-refractivity contribution in [3.63, 3.8) is 0 Å². The van der Waals surface area contributed by atoms with Crippen molar-refractivity contribution in [3.8, 4) is 5.75 Å². The number of aryl methyl sites for hydroxylation is 3. The Labute approximate surface area is 157 Å². The minimum Gasteiger partial charge on any atom is -0.495 e. The van der Waals surface area contributed by atoms with Crippen LogP contribution in [0.25, 0.3) is 0 Å². The zero-order chi connectivity index (χ0) is 18.7. The number of anilines is 4. The number of hydrogen-bond acceptors (Lipinski definition) is 6. The van der Waals surface area contributed by atoms with Crippen LogP contribution in [-0.2, 0) is 0 Å². The lowest BCUT2D eigenvalue weighted by molar-refractivity contribution is 0.416. The molecule has 0 aliphatic carbocycles. The summed E-state index contributed by atoms with van der Waals surface area (Å²) >= 11 is 6.15. The number of nitrogens with zero attached hydrogens (tertiary/aromatic N) is 3. The molecule has 0 bridgehead atoms. The molecule has 0 spiro atoms. The van der Waals surface area contributed by atoms with Gasteiger partial charge in [0.2, 0.25) is 5.95 Å². The van der Waals surface area contributed by atoms with Crippen molar-refractivity contribution in [2.45, 2.75) is 20.8 Å². The second kappa shape index (κ2) is 7.58. The van der Waals surface area contributed by atoms with Gasteiger partial charge in [0.15, 0.2) is 5.82 Å². The summed E-state index contributed by atoms with van der Waals surface area (Å²) in [6.45, 7) is 6.06. The predicted molar refractivity (Wildman–Crippen MR) is 105 cm³/mol. The summed E-state index contributed by atoms with van der Waals surface area (Å²) in [5.41, 5.74) is 5.03. The highest BCUT2D eigenvalue weighted by Crippen LogP contribution is 2.32. The topological polar surface area (TPSA) is 72.0 Å². The number of nitrogens with one attached hydrogen (secondary N) is 2. The van der Waals surface area contributed by atoms with Gasteiger partial charge in [-0.2, -0.15) is 10.1 Å². The molecule has 2 N–H and O–H groups in total. The Morgan fingerprint density at radius 3 is 2.50 bits per heavy atom. The minimum atomic E-state index is 0.405. The van der Waals surface area contributed by atoms with Crippen molar-refractivity contribution in [1.82, 2.24) is 15.2 Å². The van der Waals surface area contributed by atoms with E-state index in [1.807, 2.05) is 25.1 Å². The molecule has 134 valence electrons. The lowest BCUT2D eigenvalue weighted by atomic mass is 10.1. The Morgan fingerprint density at radius 1 is 0.962 bits per heavy atom. The van der Waals surface area contributed by atoms with Crippen LogP contribution in [0, 0.1) is 20.8 Å². The van der Waals surface area contributed by atoms with Crippen LogP contribution >= 0.6 is 11.6 Å². The zero-order valence-electron chi connectivity index (χ0n) is 15.1. The highest BCUT2D eigenvalue weighted by atomic mass is 35.5. The molecule has 2 aromatic carbocycles. The third kappa shape index (κ3) is 4.03. The third-order valence-corrected chi connectivity index (χ3v) is 4.47. The van der Waals surface area contributed by atoms with Crippen LogP contribution < -0.4 is 15.4 Å². The molecule has 7 heteroatoms. The summed E-state index contributed by atoms with van der Waals surface area (Å²) in [6.07, 6.45) is 1.55. The molecular formula is C19H20ClN5O. The van der Waals surface area contributed by atoms with Crippen LogP contribution in [0.1, 0.15) is 16.7 Å². The molecule has 0 fully saturated rings. The Hall–Kier alpha value is -2.86. The first-order chi connectivity index (χ1) is 12.5. The van der Waals surface area contributed by atoms with Gasteiger partial charge >= 0.3 is 0 Å². The molecule has 26 heavy (non-hydrogen) atoms. The first kappa shape index (κ1) is 17.9. The van der Waals surface area contributed by atoms with Crippen LogP contribution in [0.3, 0.4) is 0 Å². The molecule has 1 aromatic heterocycles. The van der Waals surface area contributed by atoms with Crippen molar-refractivity contribution in [3.05, 3.63) is 58.2 Å². The monoisotopic (exact) mass is 369 g/mol. The highest BCUT2D eigenvalue weighted by molar-refractivity contribution is 6.31. The van der Waals surface area contributed by atoms with E-state index in [1.54, 1.807) is 19.4 Å². The predicted octanol–water partition coefficient (Wildman–Crippen LogP) is 4.95. The van der Waals surface area contributed by atoms with E-state index in [-0.39, 0.29) is 0 Å². The molecule has 3 rings (SSSR count). The number of hydrogen-bond donors (Lipinski definition) is 2. The van der Waals surface area contributed by atoms with E-state index in [9.17, 15) is 0 Å². The Morgan fingerprint density at radius 2 is 1.77 bits per heavy atom. The maximum absolute atomic E-state index is 6.15. The molecule has 0 amide bonds. The standard InChI is InChI=1S/C19H20ClN5O/c1-11-5-6-14(7-12(11)2)22-19-24-18(10-21-25-19)23-16-8-13(3)15(20)9-17(16)26-4/h5-10H,1-4H3,(H2,22,23,24,25). The van der Waals surface area contributed by atoms with Crippen LogP contribution in [0.2, 0.25) is 5.02 Å². The number of aromatic nitrogens is 3. The number of benzene rings is 2. The molecule has 1 heterocycles. The molecule has 0 unspecified atom stereocenters. The largest absolute Gasteiger partial charge is 0.495 e. The van der Waals surface area contributed by atoms with Crippen molar-refractivity contribution in [1.29, 1.82) is 0 Å². The Kier molecular flexibility index (Phi) is 5.23. The average Bonchev–Trinajstić information content (AvgIpc) is 2.61. The zero-order valence-corrected chi connectivity index (χ0v) is 15.8. The molecule has 0 aliphatic rings. The highest BCUT2D eigenvalue weighted by Gasteiger charge is 2.09. The van der Waals surface area contributed by atoms with E-state index in [1.165, 1.54) is 11.1 Å². The van der Waals surface area contributed by atoms with Crippen molar-refractivity contribution in [2.75, 3.05) is 17.7 Å². The summed E-state index contributed by atoms with van der Waals surface area (Å²) in [6, 6.07) is 9.75. The normalized spacial score (nSPS) is 10.5. The van der Waals surface area contributed by atoms with E-state index in [0.29, 0.717) is 22.5 Å². The molecular weight excluding hydrogens is 350 g/mol. The van der Waals surface area contributed by atoms with Crippen LogP contribution in [0.15, 0.2) is 36.5 Å². The lowest BCUT2D eigenvalue weighted by Crippen LogP contribution is -2.03. The van der Waals surface area contributed by atoms with Gasteiger partial charge < -0.3 is 15.4 Å².